The van der Waals surface area contributed by atoms with E-state index in [1.807, 2.05) is 12.1 Å². The van der Waals surface area contributed by atoms with Crippen molar-refractivity contribution in [3.8, 4) is 5.75 Å². The van der Waals surface area contributed by atoms with Gasteiger partial charge in [0.1, 0.15) is 18.5 Å². The molecule has 0 bridgehead atoms. The maximum atomic E-state index is 10.3. The highest BCUT2D eigenvalue weighted by Crippen LogP contribution is 2.36. The van der Waals surface area contributed by atoms with Gasteiger partial charge in [0, 0.05) is 32.7 Å². The fourth-order valence-corrected chi connectivity index (χ4v) is 4.00. The molecule has 0 aliphatic carbocycles. The number of aliphatic hydroxyl groups is 1. The number of rotatable bonds is 7. The van der Waals surface area contributed by atoms with E-state index in [1.54, 1.807) is 0 Å². The monoisotopic (exact) mass is 362 g/mol. The van der Waals surface area contributed by atoms with Crippen LogP contribution in [0.25, 0.3) is 0 Å². The van der Waals surface area contributed by atoms with Gasteiger partial charge < -0.3 is 14.7 Å². The van der Waals surface area contributed by atoms with E-state index in [0.717, 1.165) is 38.3 Å². The largest absolute Gasteiger partial charge is 0.491 e. The minimum absolute atomic E-state index is 0.137. The molecule has 2 rings (SSSR count). The molecule has 0 spiro atoms. The average Bonchev–Trinajstić information content (AvgIpc) is 2.53. The average molecular weight is 363 g/mol. The zero-order chi connectivity index (χ0) is 19.4. The molecular weight excluding hydrogens is 324 g/mol. The highest BCUT2D eigenvalue weighted by molar-refractivity contribution is 5.31. The molecule has 0 radical (unpaired) electrons. The number of nitrogens with zero attached hydrogens (tertiary/aromatic N) is 2. The third-order valence-electron chi connectivity index (χ3n) is 5.12. The summed E-state index contributed by atoms with van der Waals surface area (Å²) in [6.07, 6.45) is 0.680. The first-order valence-electron chi connectivity index (χ1n) is 9.87. The second-order valence-electron chi connectivity index (χ2n) is 9.71. The molecule has 4 heteroatoms. The van der Waals surface area contributed by atoms with E-state index in [1.165, 1.54) is 5.56 Å². The summed E-state index contributed by atoms with van der Waals surface area (Å²) in [6, 6.07) is 8.38. The summed E-state index contributed by atoms with van der Waals surface area (Å²) in [4.78, 5) is 4.63. The lowest BCUT2D eigenvalue weighted by atomic mass is 9.72. The van der Waals surface area contributed by atoms with Crippen LogP contribution in [0.5, 0.6) is 5.75 Å². The van der Waals surface area contributed by atoms with Gasteiger partial charge in [0.15, 0.2) is 0 Å². The van der Waals surface area contributed by atoms with Crippen LogP contribution < -0.4 is 4.74 Å². The first kappa shape index (κ1) is 21.2. The molecule has 148 valence electrons. The molecule has 1 aromatic rings. The second-order valence-corrected chi connectivity index (χ2v) is 9.71. The Kier molecular flexibility index (Phi) is 7.12. The van der Waals surface area contributed by atoms with Crippen LogP contribution in [0, 0.1) is 5.41 Å². The molecule has 4 nitrogen and oxygen atoms in total. The smallest absolute Gasteiger partial charge is 0.119 e. The minimum atomic E-state index is -0.449. The van der Waals surface area contributed by atoms with Crippen molar-refractivity contribution in [3.63, 3.8) is 0 Å². The van der Waals surface area contributed by atoms with E-state index in [4.69, 9.17) is 4.74 Å². The van der Waals surface area contributed by atoms with Crippen LogP contribution in [-0.2, 0) is 5.41 Å². The number of likely N-dealkylation sites (N-methyl/N-ethyl adjacent to an activating group) is 1. The van der Waals surface area contributed by atoms with E-state index in [-0.39, 0.29) is 5.41 Å². The summed E-state index contributed by atoms with van der Waals surface area (Å²) in [5.74, 6) is 0.831. The van der Waals surface area contributed by atoms with Gasteiger partial charge in [-0.3, -0.25) is 4.90 Å². The summed E-state index contributed by atoms with van der Waals surface area (Å²) in [6.45, 7) is 16.7. The second kappa shape index (κ2) is 8.73. The maximum absolute atomic E-state index is 10.3. The Balaban J connectivity index is 1.81. The molecule has 1 unspecified atom stereocenters. The van der Waals surface area contributed by atoms with Crippen LogP contribution in [-0.4, -0.2) is 67.4 Å². The van der Waals surface area contributed by atoms with Gasteiger partial charge in [-0.15, -0.1) is 0 Å². The van der Waals surface area contributed by atoms with Crippen LogP contribution in [0.3, 0.4) is 0 Å². The molecule has 1 atom stereocenters. The Morgan fingerprint density at radius 1 is 1.00 bits per heavy atom. The number of piperazine rings is 1. The van der Waals surface area contributed by atoms with Gasteiger partial charge in [0.25, 0.3) is 0 Å². The number of aliphatic hydroxyl groups excluding tert-OH is 1. The molecule has 1 aromatic carbocycles. The highest BCUT2D eigenvalue weighted by Gasteiger charge is 2.27. The zero-order valence-corrected chi connectivity index (χ0v) is 17.6. The summed E-state index contributed by atoms with van der Waals surface area (Å²) >= 11 is 0. The van der Waals surface area contributed by atoms with Crippen LogP contribution in [0.2, 0.25) is 0 Å². The van der Waals surface area contributed by atoms with Gasteiger partial charge >= 0.3 is 0 Å². The molecular formula is C22H38N2O2. The number of ether oxygens (including phenoxy) is 1. The highest BCUT2D eigenvalue weighted by atomic mass is 16.5. The molecule has 0 aromatic heterocycles. The van der Waals surface area contributed by atoms with E-state index in [2.05, 4.69) is 63.6 Å². The molecule has 1 saturated heterocycles. The SMILES string of the molecule is CN1CCN(CC(O)COc2ccc(C(C)(C)CC(C)(C)C)cc2)CC1. The lowest BCUT2D eigenvalue weighted by Crippen LogP contribution is -2.47. The molecule has 1 heterocycles. The Morgan fingerprint density at radius 3 is 2.12 bits per heavy atom. The lowest BCUT2D eigenvalue weighted by Gasteiger charge is -2.33. The molecule has 0 amide bonds. The molecule has 0 saturated carbocycles. The van der Waals surface area contributed by atoms with Crippen molar-refractivity contribution in [2.45, 2.75) is 52.6 Å². The molecule has 26 heavy (non-hydrogen) atoms. The van der Waals surface area contributed by atoms with Crippen LogP contribution in [0.4, 0.5) is 0 Å². The number of hydrogen-bond donors (Lipinski definition) is 1. The Bertz CT molecular complexity index is 540. The van der Waals surface area contributed by atoms with Gasteiger partial charge in [-0.1, -0.05) is 46.8 Å². The third-order valence-corrected chi connectivity index (χ3v) is 5.12. The lowest BCUT2D eigenvalue weighted by molar-refractivity contribution is 0.0504. The van der Waals surface area contributed by atoms with Gasteiger partial charge in [0.2, 0.25) is 0 Å². The Morgan fingerprint density at radius 2 is 1.58 bits per heavy atom. The summed E-state index contributed by atoms with van der Waals surface area (Å²) in [5, 5.41) is 10.3. The van der Waals surface area contributed by atoms with E-state index in [9.17, 15) is 5.11 Å². The number of benzene rings is 1. The van der Waals surface area contributed by atoms with Crippen molar-refractivity contribution in [1.29, 1.82) is 0 Å². The number of hydrogen-bond acceptors (Lipinski definition) is 4. The minimum Gasteiger partial charge on any atom is -0.491 e. The van der Waals surface area contributed by atoms with Crippen LogP contribution in [0.1, 0.15) is 46.6 Å². The first-order valence-corrected chi connectivity index (χ1v) is 9.87. The van der Waals surface area contributed by atoms with Crippen molar-refractivity contribution < 1.29 is 9.84 Å². The topological polar surface area (TPSA) is 35.9 Å². The Labute approximate surface area is 160 Å². The van der Waals surface area contributed by atoms with Gasteiger partial charge in [0.05, 0.1) is 0 Å². The maximum Gasteiger partial charge on any atom is 0.119 e. The van der Waals surface area contributed by atoms with Gasteiger partial charge in [-0.2, -0.15) is 0 Å². The molecule has 1 aliphatic heterocycles. The predicted octanol–water partition coefficient (Wildman–Crippen LogP) is 3.39. The van der Waals surface area contributed by atoms with Crippen molar-refractivity contribution in [2.75, 3.05) is 46.4 Å². The van der Waals surface area contributed by atoms with E-state index >= 15 is 0 Å². The Hall–Kier alpha value is -1.10. The van der Waals surface area contributed by atoms with E-state index in [0.29, 0.717) is 18.6 Å². The summed E-state index contributed by atoms with van der Waals surface area (Å²) in [7, 11) is 2.14. The standard InChI is InChI=1S/C22H38N2O2/c1-21(2,3)17-22(4,5)18-7-9-20(10-8-18)26-16-19(25)15-24-13-11-23(6)12-14-24/h7-10,19,25H,11-17H2,1-6H3. The fraction of sp³-hybridized carbons (Fsp3) is 0.727. The van der Waals surface area contributed by atoms with Gasteiger partial charge in [-0.05, 0) is 42.0 Å². The van der Waals surface area contributed by atoms with Crippen LogP contribution in [0.15, 0.2) is 24.3 Å². The molecule has 1 N–H and O–H groups in total. The van der Waals surface area contributed by atoms with E-state index < -0.39 is 6.10 Å². The summed E-state index contributed by atoms with van der Waals surface area (Å²) < 4.78 is 5.81. The van der Waals surface area contributed by atoms with Gasteiger partial charge in [-0.25, -0.2) is 0 Å². The number of β-amino-alcohol motifs (C(OH)–C–C–N with tert-alkyl or cyclic N) is 1. The normalized spacial score (nSPS) is 18.7. The van der Waals surface area contributed by atoms with Crippen molar-refractivity contribution >= 4 is 0 Å². The van der Waals surface area contributed by atoms with Crippen molar-refractivity contribution in [3.05, 3.63) is 29.8 Å². The molecule has 1 aliphatic rings. The van der Waals surface area contributed by atoms with Crippen LogP contribution >= 0.6 is 0 Å². The summed E-state index contributed by atoms with van der Waals surface area (Å²) in [5.41, 5.74) is 1.77. The van der Waals surface area contributed by atoms with Crippen molar-refractivity contribution in [1.82, 2.24) is 9.80 Å². The zero-order valence-electron chi connectivity index (χ0n) is 17.6. The third kappa shape index (κ3) is 6.90. The quantitative estimate of drug-likeness (QED) is 0.807. The predicted molar refractivity (Wildman–Crippen MR) is 109 cm³/mol. The fourth-order valence-electron chi connectivity index (χ4n) is 4.00. The molecule has 1 fully saturated rings. The first-order chi connectivity index (χ1) is 12.0. The van der Waals surface area contributed by atoms with Crippen molar-refractivity contribution in [2.24, 2.45) is 5.41 Å².